The van der Waals surface area contributed by atoms with E-state index in [0.717, 1.165) is 24.8 Å². The van der Waals surface area contributed by atoms with E-state index < -0.39 is 6.09 Å². The van der Waals surface area contributed by atoms with Crippen LogP contribution >= 0.6 is 0 Å². The molecule has 1 amide bonds. The lowest BCUT2D eigenvalue weighted by atomic mass is 9.99. The molecular formula is C14H15NO3. The minimum Gasteiger partial charge on any atom is -0.465 e. The summed E-state index contributed by atoms with van der Waals surface area (Å²) in [5.41, 5.74) is 3.54. The lowest BCUT2D eigenvalue weighted by Crippen LogP contribution is -2.31. The number of carbonyl (C=O) groups is 2. The number of aryl methyl sites for hydroxylation is 1. The zero-order valence-corrected chi connectivity index (χ0v) is 10.1. The Morgan fingerprint density at radius 3 is 2.78 bits per heavy atom. The zero-order chi connectivity index (χ0) is 12.7. The number of anilines is 1. The summed E-state index contributed by atoms with van der Waals surface area (Å²) in [7, 11) is 0. The van der Waals surface area contributed by atoms with E-state index in [1.165, 1.54) is 10.5 Å². The number of rotatable bonds is 0. The molecule has 0 unspecified atom stereocenters. The molecule has 2 aliphatic rings. The molecule has 3 rings (SSSR count). The van der Waals surface area contributed by atoms with Crippen LogP contribution in [0.15, 0.2) is 12.1 Å². The Kier molecular flexibility index (Phi) is 2.58. The van der Waals surface area contributed by atoms with Crippen molar-refractivity contribution in [3.63, 3.8) is 0 Å². The quantitative estimate of drug-likeness (QED) is 0.764. The Labute approximate surface area is 105 Å². The second-order valence-corrected chi connectivity index (χ2v) is 4.91. The molecule has 0 saturated heterocycles. The third-order valence-electron chi connectivity index (χ3n) is 3.84. The van der Waals surface area contributed by atoms with Gasteiger partial charge in [-0.05, 0) is 42.9 Å². The van der Waals surface area contributed by atoms with Crippen molar-refractivity contribution < 1.29 is 14.7 Å². The van der Waals surface area contributed by atoms with Crippen molar-refractivity contribution >= 4 is 17.6 Å². The highest BCUT2D eigenvalue weighted by Crippen LogP contribution is 2.37. The van der Waals surface area contributed by atoms with Gasteiger partial charge in [0.2, 0.25) is 0 Å². The molecule has 1 aliphatic carbocycles. The summed E-state index contributed by atoms with van der Waals surface area (Å²) in [6.45, 7) is 0.421. The van der Waals surface area contributed by atoms with Crippen LogP contribution in [-0.2, 0) is 12.8 Å². The summed E-state index contributed by atoms with van der Waals surface area (Å²) >= 11 is 0. The molecule has 0 saturated carbocycles. The van der Waals surface area contributed by atoms with Gasteiger partial charge in [-0.2, -0.15) is 0 Å². The molecule has 0 spiro atoms. The van der Waals surface area contributed by atoms with Gasteiger partial charge in [0.05, 0.1) is 5.69 Å². The van der Waals surface area contributed by atoms with Gasteiger partial charge in [0.1, 0.15) is 0 Å². The number of hydrogen-bond donors (Lipinski definition) is 1. The number of Topliss-reactive ketones (excluding diaryl/α,β-unsaturated/α-hetero) is 1. The fraction of sp³-hybridized carbons (Fsp3) is 0.429. The maximum Gasteiger partial charge on any atom is 0.411 e. The van der Waals surface area contributed by atoms with Crippen molar-refractivity contribution in [2.45, 2.75) is 32.1 Å². The topological polar surface area (TPSA) is 57.6 Å². The summed E-state index contributed by atoms with van der Waals surface area (Å²) < 4.78 is 0. The Balaban J connectivity index is 2.23. The van der Waals surface area contributed by atoms with E-state index in [4.69, 9.17) is 0 Å². The average molecular weight is 245 g/mol. The van der Waals surface area contributed by atoms with E-state index in [9.17, 15) is 14.7 Å². The van der Waals surface area contributed by atoms with Gasteiger partial charge in [-0.15, -0.1) is 0 Å². The molecular weight excluding hydrogens is 230 g/mol. The monoisotopic (exact) mass is 245 g/mol. The van der Waals surface area contributed by atoms with Crippen LogP contribution in [0.1, 0.15) is 40.7 Å². The number of hydrogen-bond acceptors (Lipinski definition) is 2. The van der Waals surface area contributed by atoms with Crippen LogP contribution < -0.4 is 4.90 Å². The molecule has 1 aromatic rings. The van der Waals surface area contributed by atoms with Crippen LogP contribution in [0.3, 0.4) is 0 Å². The predicted octanol–water partition coefficient (Wildman–Crippen LogP) is 2.64. The van der Waals surface area contributed by atoms with Crippen molar-refractivity contribution in [1.29, 1.82) is 0 Å². The zero-order valence-electron chi connectivity index (χ0n) is 10.1. The first kappa shape index (κ1) is 11.3. The molecule has 94 valence electrons. The second-order valence-electron chi connectivity index (χ2n) is 4.91. The average Bonchev–Trinajstić information content (AvgIpc) is 2.75. The predicted molar refractivity (Wildman–Crippen MR) is 67.4 cm³/mol. The molecule has 0 atom stereocenters. The molecule has 1 aromatic carbocycles. The second kappa shape index (κ2) is 4.12. The Hall–Kier alpha value is -1.84. The molecule has 1 aliphatic heterocycles. The number of carboxylic acid groups (broad SMARTS) is 1. The van der Waals surface area contributed by atoms with Crippen LogP contribution in [0.2, 0.25) is 0 Å². The molecule has 0 bridgehead atoms. The van der Waals surface area contributed by atoms with Gasteiger partial charge in [-0.3, -0.25) is 9.69 Å². The first-order chi connectivity index (χ1) is 8.68. The number of carbonyl (C=O) groups excluding carboxylic acids is 1. The van der Waals surface area contributed by atoms with E-state index >= 15 is 0 Å². The largest absolute Gasteiger partial charge is 0.465 e. The summed E-state index contributed by atoms with van der Waals surface area (Å²) in [4.78, 5) is 24.8. The van der Waals surface area contributed by atoms with Crippen molar-refractivity contribution in [1.82, 2.24) is 0 Å². The fourth-order valence-corrected chi connectivity index (χ4v) is 3.02. The number of amides is 1. The van der Waals surface area contributed by atoms with Crippen molar-refractivity contribution in [2.24, 2.45) is 0 Å². The first-order valence-corrected chi connectivity index (χ1v) is 6.37. The van der Waals surface area contributed by atoms with Crippen molar-refractivity contribution in [2.75, 3.05) is 11.4 Å². The molecule has 0 aromatic heterocycles. The van der Waals surface area contributed by atoms with Gasteiger partial charge in [0.25, 0.3) is 0 Å². The standard InChI is InChI=1S/C14H15NO3/c16-12-5-2-8-15(14(17)18)13-10-4-1-3-9(10)6-7-11(12)13/h6-7H,1-5,8H2,(H,17,18). The Morgan fingerprint density at radius 1 is 1.17 bits per heavy atom. The number of fused-ring (bicyclic) bond motifs is 3. The minimum absolute atomic E-state index is 0.0726. The van der Waals surface area contributed by atoms with E-state index in [2.05, 4.69) is 0 Å². The van der Waals surface area contributed by atoms with E-state index in [0.29, 0.717) is 30.6 Å². The third-order valence-corrected chi connectivity index (χ3v) is 3.84. The Bertz CT molecular complexity index is 536. The lowest BCUT2D eigenvalue weighted by Gasteiger charge is -2.22. The highest BCUT2D eigenvalue weighted by Gasteiger charge is 2.29. The van der Waals surface area contributed by atoms with Gasteiger partial charge in [-0.25, -0.2) is 4.79 Å². The molecule has 1 N–H and O–H groups in total. The van der Waals surface area contributed by atoms with Gasteiger partial charge in [0, 0.05) is 18.5 Å². The molecule has 18 heavy (non-hydrogen) atoms. The van der Waals surface area contributed by atoms with E-state index in [-0.39, 0.29) is 5.78 Å². The van der Waals surface area contributed by atoms with Gasteiger partial charge in [-0.1, -0.05) is 6.07 Å². The molecule has 1 heterocycles. The molecule has 0 fully saturated rings. The summed E-state index contributed by atoms with van der Waals surface area (Å²) in [6, 6.07) is 3.80. The number of benzene rings is 1. The highest BCUT2D eigenvalue weighted by atomic mass is 16.4. The summed E-state index contributed by atoms with van der Waals surface area (Å²) in [5, 5.41) is 9.34. The number of ketones is 1. The smallest absolute Gasteiger partial charge is 0.411 e. The lowest BCUT2D eigenvalue weighted by molar-refractivity contribution is 0.0983. The highest BCUT2D eigenvalue weighted by molar-refractivity contribution is 6.06. The molecule has 4 heteroatoms. The molecule has 4 nitrogen and oxygen atoms in total. The van der Waals surface area contributed by atoms with Crippen LogP contribution in [0.4, 0.5) is 10.5 Å². The van der Waals surface area contributed by atoms with Crippen LogP contribution in [0, 0.1) is 0 Å². The van der Waals surface area contributed by atoms with Crippen molar-refractivity contribution in [3.8, 4) is 0 Å². The minimum atomic E-state index is -0.953. The maximum atomic E-state index is 12.1. The summed E-state index contributed by atoms with van der Waals surface area (Å²) in [6.07, 6.45) is 3.02. The van der Waals surface area contributed by atoms with Crippen molar-refractivity contribution in [3.05, 3.63) is 28.8 Å². The molecule has 0 radical (unpaired) electrons. The summed E-state index contributed by atoms with van der Waals surface area (Å²) in [5.74, 6) is 0.0726. The number of nitrogens with zero attached hydrogens (tertiary/aromatic N) is 1. The van der Waals surface area contributed by atoms with Crippen LogP contribution in [-0.4, -0.2) is 23.5 Å². The first-order valence-electron chi connectivity index (χ1n) is 6.37. The van der Waals surface area contributed by atoms with E-state index in [1.807, 2.05) is 12.1 Å². The van der Waals surface area contributed by atoms with E-state index in [1.54, 1.807) is 0 Å². The SMILES string of the molecule is O=C1CCCN(C(=O)O)c2c1ccc1c2CCC1. The van der Waals surface area contributed by atoms with Crippen LogP contribution in [0.5, 0.6) is 0 Å². The Morgan fingerprint density at radius 2 is 2.00 bits per heavy atom. The van der Waals surface area contributed by atoms with Gasteiger partial charge in [0.15, 0.2) is 5.78 Å². The van der Waals surface area contributed by atoms with Gasteiger partial charge >= 0.3 is 6.09 Å². The normalized spacial score (nSPS) is 18.2. The third kappa shape index (κ3) is 1.60. The van der Waals surface area contributed by atoms with Crippen LogP contribution in [0.25, 0.3) is 0 Å². The van der Waals surface area contributed by atoms with Gasteiger partial charge < -0.3 is 5.11 Å². The fourth-order valence-electron chi connectivity index (χ4n) is 3.02. The maximum absolute atomic E-state index is 12.1.